The van der Waals surface area contributed by atoms with E-state index in [9.17, 15) is 36.3 Å². The van der Waals surface area contributed by atoms with Crippen LogP contribution in [0.25, 0.3) is 0 Å². The van der Waals surface area contributed by atoms with Crippen LogP contribution in [0.3, 0.4) is 0 Å². The van der Waals surface area contributed by atoms with Crippen molar-refractivity contribution in [1.82, 2.24) is 14.9 Å². The maximum Gasteiger partial charge on any atom is 0.393 e. The fourth-order valence-corrected chi connectivity index (χ4v) is 4.80. The average Bonchev–Trinajstić information content (AvgIpc) is 3.16. The van der Waals surface area contributed by atoms with Gasteiger partial charge in [0, 0.05) is 5.56 Å². The number of rotatable bonds is 9. The van der Waals surface area contributed by atoms with Crippen LogP contribution < -0.4 is 9.62 Å². The van der Waals surface area contributed by atoms with Crippen molar-refractivity contribution < 1.29 is 36.3 Å². The van der Waals surface area contributed by atoms with E-state index in [4.69, 9.17) is 0 Å². The Balaban J connectivity index is 1.75. The lowest BCUT2D eigenvalue weighted by atomic mass is 9.91. The minimum absolute atomic E-state index is 0.0232. The highest BCUT2D eigenvalue weighted by Crippen LogP contribution is 2.41. The number of carbonyl (C=O) groups is 2. The average molecular weight is 589 g/mol. The molecule has 0 radical (unpaired) electrons. The number of Topliss-reactive ketones (excluding diaryl/α,β-unsaturated/α-hetero) is 1. The lowest BCUT2D eigenvalue weighted by Gasteiger charge is -2.26. The Kier molecular flexibility index (Phi) is 8.31. The predicted octanol–water partition coefficient (Wildman–Crippen LogP) is 4.54. The van der Waals surface area contributed by atoms with Crippen molar-refractivity contribution in [3.8, 4) is 0 Å². The van der Waals surface area contributed by atoms with Crippen LogP contribution in [0.2, 0.25) is 0 Å². The van der Waals surface area contributed by atoms with Gasteiger partial charge in [0.25, 0.3) is 5.91 Å². The van der Waals surface area contributed by atoms with Crippen LogP contribution >= 0.6 is 0 Å². The van der Waals surface area contributed by atoms with Crippen molar-refractivity contribution in [2.45, 2.75) is 44.9 Å². The van der Waals surface area contributed by atoms with E-state index < -0.39 is 46.1 Å². The summed E-state index contributed by atoms with van der Waals surface area (Å²) >= 11 is 0. The fraction of sp³-hybridized carbons (Fsp3) is 0.286. The fourth-order valence-electron chi connectivity index (χ4n) is 4.39. The van der Waals surface area contributed by atoms with Gasteiger partial charge < -0.3 is 5.11 Å². The van der Waals surface area contributed by atoms with Crippen molar-refractivity contribution in [3.05, 3.63) is 99.9 Å². The molecule has 1 aromatic heterocycles. The molecule has 1 aliphatic rings. The van der Waals surface area contributed by atoms with Gasteiger partial charge in [-0.3, -0.25) is 14.5 Å². The normalized spacial score (nSPS) is 16.1. The molecule has 0 aliphatic carbocycles. The number of benzene rings is 2. The molecule has 1 aliphatic heterocycles. The molecule has 13 heteroatoms. The molecular formula is C28H27F3N4O5S. The van der Waals surface area contributed by atoms with E-state index in [1.807, 2.05) is 13.8 Å². The number of hydrogen-bond acceptors (Lipinski definition) is 7. The van der Waals surface area contributed by atoms with E-state index in [1.165, 1.54) is 36.4 Å². The third kappa shape index (κ3) is 6.98. The van der Waals surface area contributed by atoms with E-state index in [0.717, 1.165) is 16.7 Å². The number of aliphatic hydroxyl groups is 1. The molecule has 0 saturated heterocycles. The molecular weight excluding hydrogens is 561 g/mol. The summed E-state index contributed by atoms with van der Waals surface area (Å²) in [6, 6.07) is 13.4. The standard InChI is InChI=1S/C28H27F3N4O5S/c1-16(2)18-8-10-20(11-9-18)25(36)23-24(19-6-4-17(5-7-19)14-28(29,30)31)35(27(38)26(23)37)22-13-12-21(33-34-22)15-32-41(3,39)40/h4-13,16,24,32,37H,14-15H2,1-3H3. The van der Waals surface area contributed by atoms with E-state index in [1.54, 1.807) is 24.3 Å². The summed E-state index contributed by atoms with van der Waals surface area (Å²) < 4.78 is 63.8. The van der Waals surface area contributed by atoms with Crippen LogP contribution in [0.5, 0.6) is 0 Å². The Labute approximate surface area is 234 Å². The first-order valence-corrected chi connectivity index (χ1v) is 14.4. The molecule has 2 N–H and O–H groups in total. The molecule has 0 fully saturated rings. The molecule has 3 aromatic rings. The topological polar surface area (TPSA) is 130 Å². The van der Waals surface area contributed by atoms with E-state index >= 15 is 0 Å². The Hall–Kier alpha value is -4.10. The number of nitrogens with zero attached hydrogens (tertiary/aromatic N) is 3. The monoisotopic (exact) mass is 588 g/mol. The SMILES string of the molecule is CC(C)c1ccc(C(=O)C2=C(O)C(=O)N(c3ccc(CNS(C)(=O)=O)nn3)C2c2ccc(CC(F)(F)F)cc2)cc1. The van der Waals surface area contributed by atoms with Gasteiger partial charge in [-0.05, 0) is 34.7 Å². The molecule has 41 heavy (non-hydrogen) atoms. The van der Waals surface area contributed by atoms with Gasteiger partial charge in [0.2, 0.25) is 10.0 Å². The largest absolute Gasteiger partial charge is 0.503 e. The zero-order valence-corrected chi connectivity index (χ0v) is 23.1. The number of sulfonamides is 1. The maximum atomic E-state index is 13.7. The van der Waals surface area contributed by atoms with Gasteiger partial charge in [0.1, 0.15) is 0 Å². The van der Waals surface area contributed by atoms with E-state index in [0.29, 0.717) is 0 Å². The Morgan fingerprint density at radius 3 is 2.17 bits per heavy atom. The van der Waals surface area contributed by atoms with Crippen molar-refractivity contribution in [3.63, 3.8) is 0 Å². The van der Waals surface area contributed by atoms with Crippen LogP contribution in [0.4, 0.5) is 19.0 Å². The van der Waals surface area contributed by atoms with Gasteiger partial charge in [-0.15, -0.1) is 5.10 Å². The number of carbonyl (C=O) groups excluding carboxylic acids is 2. The van der Waals surface area contributed by atoms with Gasteiger partial charge >= 0.3 is 6.18 Å². The maximum absolute atomic E-state index is 13.7. The predicted molar refractivity (Wildman–Crippen MR) is 145 cm³/mol. The molecule has 2 aromatic carbocycles. The van der Waals surface area contributed by atoms with Gasteiger partial charge in [-0.2, -0.15) is 18.3 Å². The molecule has 9 nitrogen and oxygen atoms in total. The first kappa shape index (κ1) is 29.9. The molecule has 0 saturated carbocycles. The van der Waals surface area contributed by atoms with Crippen molar-refractivity contribution in [1.29, 1.82) is 0 Å². The number of halogens is 3. The summed E-state index contributed by atoms with van der Waals surface area (Å²) in [4.78, 5) is 28.1. The second-order valence-electron chi connectivity index (χ2n) is 9.96. The molecule has 1 amide bonds. The molecule has 216 valence electrons. The van der Waals surface area contributed by atoms with E-state index in [-0.39, 0.29) is 46.2 Å². The van der Waals surface area contributed by atoms with Crippen LogP contribution in [-0.2, 0) is 27.8 Å². The number of alkyl halides is 3. The van der Waals surface area contributed by atoms with Gasteiger partial charge in [-0.1, -0.05) is 62.4 Å². The highest BCUT2D eigenvalue weighted by Gasteiger charge is 2.45. The van der Waals surface area contributed by atoms with Crippen LogP contribution in [0.1, 0.15) is 58.5 Å². The number of hydrogen-bond donors (Lipinski definition) is 2. The summed E-state index contributed by atoms with van der Waals surface area (Å²) in [5, 5.41) is 18.9. The highest BCUT2D eigenvalue weighted by molar-refractivity contribution is 7.88. The quantitative estimate of drug-likeness (QED) is 0.351. The Bertz CT molecular complexity index is 1590. The first-order valence-electron chi connectivity index (χ1n) is 12.5. The molecule has 1 atom stereocenters. The smallest absolute Gasteiger partial charge is 0.393 e. The zero-order chi connectivity index (χ0) is 30.1. The lowest BCUT2D eigenvalue weighted by Crippen LogP contribution is -2.32. The van der Waals surface area contributed by atoms with Crippen LogP contribution in [0.15, 0.2) is 72.0 Å². The number of anilines is 1. The number of aliphatic hydroxyl groups excluding tert-OH is 1. The molecule has 0 spiro atoms. The van der Waals surface area contributed by atoms with Crippen LogP contribution in [0, 0.1) is 0 Å². The molecule has 1 unspecified atom stereocenters. The summed E-state index contributed by atoms with van der Waals surface area (Å²) in [6.45, 7) is 3.81. The van der Waals surface area contributed by atoms with Gasteiger partial charge in [0.15, 0.2) is 17.4 Å². The number of aromatic nitrogens is 2. The summed E-state index contributed by atoms with van der Waals surface area (Å²) in [5.41, 5.74) is 1.39. The second kappa shape index (κ2) is 11.4. The number of ketones is 1. The zero-order valence-electron chi connectivity index (χ0n) is 22.3. The summed E-state index contributed by atoms with van der Waals surface area (Å²) in [6.07, 6.45) is -4.61. The van der Waals surface area contributed by atoms with Crippen LogP contribution in [-0.4, -0.2) is 47.8 Å². The third-order valence-corrected chi connectivity index (χ3v) is 7.13. The molecule has 0 bridgehead atoms. The minimum atomic E-state index is -4.43. The van der Waals surface area contributed by atoms with E-state index in [2.05, 4.69) is 14.9 Å². The first-order chi connectivity index (χ1) is 19.1. The summed E-state index contributed by atoms with van der Waals surface area (Å²) in [5.74, 6) is -2.27. The minimum Gasteiger partial charge on any atom is -0.503 e. The number of amides is 1. The molecule has 4 rings (SSSR count). The highest BCUT2D eigenvalue weighted by atomic mass is 32.2. The van der Waals surface area contributed by atoms with Gasteiger partial charge in [0.05, 0.1) is 36.5 Å². The number of nitrogens with one attached hydrogen (secondary N) is 1. The van der Waals surface area contributed by atoms with Crippen molar-refractivity contribution >= 4 is 27.5 Å². The Morgan fingerprint density at radius 1 is 1.02 bits per heavy atom. The van der Waals surface area contributed by atoms with Gasteiger partial charge in [-0.25, -0.2) is 13.1 Å². The summed E-state index contributed by atoms with van der Waals surface area (Å²) in [7, 11) is -3.50. The lowest BCUT2D eigenvalue weighted by molar-refractivity contribution is -0.127. The third-order valence-electron chi connectivity index (χ3n) is 6.46. The van der Waals surface area contributed by atoms with Crippen molar-refractivity contribution in [2.75, 3.05) is 11.2 Å². The molecule has 2 heterocycles. The Morgan fingerprint density at radius 2 is 1.66 bits per heavy atom. The van der Waals surface area contributed by atoms with Crippen molar-refractivity contribution in [2.24, 2.45) is 0 Å². The second-order valence-corrected chi connectivity index (χ2v) is 11.8.